The predicted octanol–water partition coefficient (Wildman–Crippen LogP) is 4.05. The number of benzene rings is 3. The smallest absolute Gasteiger partial charge is 0.282 e. The highest BCUT2D eigenvalue weighted by Gasteiger charge is 2.23. The van der Waals surface area contributed by atoms with Gasteiger partial charge in [0.05, 0.1) is 35.6 Å². The molecule has 0 saturated carbocycles. The number of ether oxygens (including phenoxy) is 2. The third-order valence-electron chi connectivity index (χ3n) is 5.04. The molecule has 0 aliphatic heterocycles. The number of nitrogens with zero attached hydrogens (tertiary/aromatic N) is 2. The topological polar surface area (TPSA) is 132 Å². The number of hydrazone groups is 1. The minimum atomic E-state index is -1.22. The van der Waals surface area contributed by atoms with Crippen LogP contribution in [-0.2, 0) is 16.2 Å². The van der Waals surface area contributed by atoms with Crippen LogP contribution in [0.2, 0.25) is 0 Å². The number of nitrogens with one attached hydrogen (secondary N) is 2. The highest BCUT2D eigenvalue weighted by Crippen LogP contribution is 2.34. The monoisotopic (exact) mass is 494 g/mol. The van der Waals surface area contributed by atoms with Crippen LogP contribution in [0.25, 0.3) is 0 Å². The van der Waals surface area contributed by atoms with Crippen molar-refractivity contribution in [3.8, 4) is 11.5 Å². The Morgan fingerprint density at radius 1 is 1.08 bits per heavy atom. The largest absolute Gasteiger partial charge is 0.493 e. The zero-order valence-corrected chi connectivity index (χ0v) is 19.4. The van der Waals surface area contributed by atoms with Crippen molar-refractivity contribution in [3.05, 3.63) is 93.8 Å². The van der Waals surface area contributed by atoms with Crippen LogP contribution >= 0.6 is 0 Å². The van der Waals surface area contributed by atoms with E-state index in [-0.39, 0.29) is 35.0 Å². The molecule has 3 aromatic rings. The third-order valence-corrected chi connectivity index (χ3v) is 5.04. The van der Waals surface area contributed by atoms with Crippen LogP contribution in [0.5, 0.6) is 11.5 Å². The first-order chi connectivity index (χ1) is 17.3. The average Bonchev–Trinajstić information content (AvgIpc) is 2.88. The molecule has 3 aromatic carbocycles. The summed E-state index contributed by atoms with van der Waals surface area (Å²) in [5.74, 6) is -3.03. The Morgan fingerprint density at radius 2 is 1.78 bits per heavy atom. The van der Waals surface area contributed by atoms with Gasteiger partial charge < -0.3 is 14.8 Å². The Labute approximate surface area is 205 Å². The summed E-state index contributed by atoms with van der Waals surface area (Å²) in [6, 6.07) is 17.3. The Kier molecular flexibility index (Phi) is 8.65. The van der Waals surface area contributed by atoms with Gasteiger partial charge in [-0.25, -0.2) is 9.82 Å². The van der Waals surface area contributed by atoms with Gasteiger partial charge in [-0.2, -0.15) is 5.10 Å². The fourth-order valence-electron chi connectivity index (χ4n) is 3.02. The van der Waals surface area contributed by atoms with Gasteiger partial charge in [-0.15, -0.1) is 0 Å². The Bertz CT molecular complexity index is 1280. The fraction of sp³-hybridized carbons (Fsp3) is 0.160. The van der Waals surface area contributed by atoms with E-state index in [1.807, 2.05) is 30.3 Å². The Hall–Kier alpha value is -4.80. The van der Waals surface area contributed by atoms with Gasteiger partial charge in [0.2, 0.25) is 5.91 Å². The van der Waals surface area contributed by atoms with Crippen LogP contribution in [0.1, 0.15) is 18.1 Å². The van der Waals surface area contributed by atoms with Crippen LogP contribution < -0.4 is 20.2 Å². The molecule has 2 N–H and O–H groups in total. The van der Waals surface area contributed by atoms with Crippen LogP contribution in [0.4, 0.5) is 15.8 Å². The number of amides is 2. The molecule has 0 bridgehead atoms. The van der Waals surface area contributed by atoms with Crippen molar-refractivity contribution in [2.75, 3.05) is 12.4 Å². The minimum Gasteiger partial charge on any atom is -0.493 e. The first-order valence-electron chi connectivity index (χ1n) is 10.7. The van der Waals surface area contributed by atoms with Crippen LogP contribution in [-0.4, -0.2) is 30.1 Å². The Balaban J connectivity index is 1.70. The van der Waals surface area contributed by atoms with Crippen molar-refractivity contribution in [3.63, 3.8) is 0 Å². The second-order valence-corrected chi connectivity index (χ2v) is 7.52. The zero-order valence-electron chi connectivity index (χ0n) is 19.4. The van der Waals surface area contributed by atoms with E-state index in [1.165, 1.54) is 50.4 Å². The summed E-state index contributed by atoms with van der Waals surface area (Å²) >= 11 is 0. The number of halogens is 1. The highest BCUT2D eigenvalue weighted by atomic mass is 19.1. The maximum atomic E-state index is 13.7. The second-order valence-electron chi connectivity index (χ2n) is 7.52. The molecular formula is C25H23FN4O6. The van der Waals surface area contributed by atoms with Gasteiger partial charge in [0.1, 0.15) is 18.3 Å². The summed E-state index contributed by atoms with van der Waals surface area (Å²) in [5.41, 5.74) is 2.66. The van der Waals surface area contributed by atoms with E-state index in [0.29, 0.717) is 0 Å². The molecule has 36 heavy (non-hydrogen) atoms. The molecule has 0 aliphatic carbocycles. The molecule has 10 nitrogen and oxygen atoms in total. The van der Waals surface area contributed by atoms with Crippen molar-refractivity contribution < 1.29 is 28.4 Å². The number of carbonyl (C=O) groups excluding carboxylic acids is 2. The molecule has 0 aromatic heterocycles. The molecule has 3 rings (SSSR count). The molecule has 2 amide bonds. The first-order valence-corrected chi connectivity index (χ1v) is 10.7. The summed E-state index contributed by atoms with van der Waals surface area (Å²) in [6.07, 6.45) is 1.06. The van der Waals surface area contributed by atoms with Crippen molar-refractivity contribution in [2.24, 2.45) is 11.0 Å². The van der Waals surface area contributed by atoms with E-state index in [1.54, 1.807) is 0 Å². The first kappa shape index (κ1) is 25.8. The van der Waals surface area contributed by atoms with Gasteiger partial charge in [0.15, 0.2) is 11.5 Å². The summed E-state index contributed by atoms with van der Waals surface area (Å²) in [4.78, 5) is 35.6. The molecule has 11 heteroatoms. The van der Waals surface area contributed by atoms with Crippen molar-refractivity contribution in [2.45, 2.75) is 13.5 Å². The van der Waals surface area contributed by atoms with E-state index in [2.05, 4.69) is 15.8 Å². The number of nitro benzene ring substituents is 1. The summed E-state index contributed by atoms with van der Waals surface area (Å²) in [5, 5.41) is 17.7. The molecule has 0 fully saturated rings. The summed E-state index contributed by atoms with van der Waals surface area (Å²) in [7, 11) is 1.38. The van der Waals surface area contributed by atoms with E-state index in [0.717, 1.165) is 11.8 Å². The number of anilines is 1. The number of para-hydroxylation sites is 1. The van der Waals surface area contributed by atoms with Gasteiger partial charge in [-0.3, -0.25) is 19.7 Å². The van der Waals surface area contributed by atoms with Crippen LogP contribution in [0.15, 0.2) is 71.8 Å². The molecule has 0 saturated heterocycles. The Morgan fingerprint density at radius 3 is 2.44 bits per heavy atom. The van der Waals surface area contributed by atoms with Crippen molar-refractivity contribution in [1.29, 1.82) is 0 Å². The minimum absolute atomic E-state index is 0.0349. The van der Waals surface area contributed by atoms with E-state index >= 15 is 0 Å². The second kappa shape index (κ2) is 12.1. The van der Waals surface area contributed by atoms with E-state index in [9.17, 15) is 24.1 Å². The van der Waals surface area contributed by atoms with E-state index in [4.69, 9.17) is 9.47 Å². The van der Waals surface area contributed by atoms with Crippen molar-refractivity contribution in [1.82, 2.24) is 5.43 Å². The molecule has 0 radical (unpaired) electrons. The van der Waals surface area contributed by atoms with Gasteiger partial charge in [0, 0.05) is 0 Å². The predicted molar refractivity (Wildman–Crippen MR) is 130 cm³/mol. The van der Waals surface area contributed by atoms with Gasteiger partial charge >= 0.3 is 0 Å². The quantitative estimate of drug-likeness (QED) is 0.189. The summed E-state index contributed by atoms with van der Waals surface area (Å²) < 4.78 is 24.7. The number of rotatable bonds is 10. The normalized spacial score (nSPS) is 11.5. The molecule has 0 spiro atoms. The number of nitro groups is 1. The summed E-state index contributed by atoms with van der Waals surface area (Å²) in [6.45, 7) is 1.48. The number of hydrogen-bond acceptors (Lipinski definition) is 7. The number of hydrogen-bond donors (Lipinski definition) is 2. The van der Waals surface area contributed by atoms with Crippen LogP contribution in [0.3, 0.4) is 0 Å². The molecule has 186 valence electrons. The zero-order chi connectivity index (χ0) is 26.1. The molecule has 1 unspecified atom stereocenters. The van der Waals surface area contributed by atoms with Gasteiger partial charge in [-0.05, 0) is 30.7 Å². The number of methoxy groups -OCH3 is 1. The lowest BCUT2D eigenvalue weighted by Gasteiger charge is -2.12. The third kappa shape index (κ3) is 6.63. The maximum Gasteiger partial charge on any atom is 0.282 e. The SMILES string of the molecule is COc1cc(C=NNC(=O)C(C)C(=O)Nc2ccccc2F)c([N+](=O)[O-])cc1OCc1ccccc1. The fourth-order valence-corrected chi connectivity index (χ4v) is 3.02. The molecule has 0 heterocycles. The number of carbonyl (C=O) groups is 2. The average molecular weight is 494 g/mol. The molecule has 0 aliphatic rings. The van der Waals surface area contributed by atoms with Gasteiger partial charge in [-0.1, -0.05) is 42.5 Å². The lowest BCUT2D eigenvalue weighted by molar-refractivity contribution is -0.385. The van der Waals surface area contributed by atoms with E-state index < -0.39 is 28.5 Å². The molecule has 1 atom stereocenters. The highest BCUT2D eigenvalue weighted by molar-refractivity contribution is 6.06. The van der Waals surface area contributed by atoms with Gasteiger partial charge in [0.25, 0.3) is 11.6 Å². The van der Waals surface area contributed by atoms with Crippen LogP contribution in [0, 0.1) is 21.8 Å². The van der Waals surface area contributed by atoms with Crippen molar-refractivity contribution >= 4 is 29.4 Å². The molecular weight excluding hydrogens is 471 g/mol. The lowest BCUT2D eigenvalue weighted by Crippen LogP contribution is -2.34. The standard InChI is InChI=1S/C25H23FN4O6/c1-16(24(31)28-20-11-7-6-10-19(20)26)25(32)29-27-14-18-12-22(35-2)23(13-21(18)30(33)34)36-15-17-8-4-3-5-9-17/h3-14,16H,15H2,1-2H3,(H,28,31)(H,29,32). The lowest BCUT2D eigenvalue weighted by atomic mass is 10.1. The maximum absolute atomic E-state index is 13.7.